The molecule has 4 rings (SSSR count). The van der Waals surface area contributed by atoms with E-state index in [1.54, 1.807) is 6.20 Å². The Morgan fingerprint density at radius 2 is 2.22 bits per heavy atom. The Hall–Kier alpha value is -2.65. The molecule has 1 aromatic carbocycles. The van der Waals surface area contributed by atoms with Gasteiger partial charge in [-0.05, 0) is 26.0 Å². The van der Waals surface area contributed by atoms with Crippen LogP contribution in [0.25, 0.3) is 22.6 Å². The maximum absolute atomic E-state index is 12.4. The summed E-state index contributed by atoms with van der Waals surface area (Å²) in [6, 6.07) is 9.78. The summed E-state index contributed by atoms with van der Waals surface area (Å²) >= 11 is 2.75. The Kier molecular flexibility index (Phi) is 4.95. The van der Waals surface area contributed by atoms with Gasteiger partial charge < -0.3 is 9.73 Å². The Balaban J connectivity index is 1.56. The Morgan fingerprint density at radius 1 is 1.37 bits per heavy atom. The van der Waals surface area contributed by atoms with Crippen molar-refractivity contribution in [2.75, 3.05) is 5.32 Å². The number of hydrogen-bond donors (Lipinski definition) is 1. The summed E-state index contributed by atoms with van der Waals surface area (Å²) in [6.45, 7) is 4.52. The lowest BCUT2D eigenvalue weighted by Gasteiger charge is -2.11. The molecule has 1 amide bonds. The van der Waals surface area contributed by atoms with E-state index in [1.807, 2.05) is 54.1 Å². The predicted molar refractivity (Wildman–Crippen MR) is 107 cm³/mol. The molecule has 0 fully saturated rings. The number of aromatic nitrogens is 4. The minimum absolute atomic E-state index is 0.120. The lowest BCUT2D eigenvalue weighted by atomic mass is 10.2. The molecule has 0 unspecified atom stereocenters. The molecule has 4 aromatic rings. The average molecular weight is 400 g/mol. The standard InChI is InChI=1S/C18H17N5O2S2/c1-3-23-15(14-10-12-6-4-5-7-13(12)25-14)21-22-18(23)27-11(2)16(24)20-17-19-8-9-26-17/h4-11H,3H2,1-2H3,(H,19,20,24)/t11-/m1/s1. The first-order valence-electron chi connectivity index (χ1n) is 8.45. The van der Waals surface area contributed by atoms with E-state index in [-0.39, 0.29) is 11.2 Å². The van der Waals surface area contributed by atoms with Crippen LogP contribution in [0, 0.1) is 0 Å². The quantitative estimate of drug-likeness (QED) is 0.487. The summed E-state index contributed by atoms with van der Waals surface area (Å²) in [5.74, 6) is 1.20. The number of nitrogens with zero attached hydrogens (tertiary/aromatic N) is 4. The first-order valence-corrected chi connectivity index (χ1v) is 10.2. The van der Waals surface area contributed by atoms with Crippen molar-refractivity contribution >= 4 is 45.1 Å². The van der Waals surface area contributed by atoms with Crippen molar-refractivity contribution in [1.82, 2.24) is 19.7 Å². The summed E-state index contributed by atoms with van der Waals surface area (Å²) in [5.41, 5.74) is 0.809. The van der Waals surface area contributed by atoms with E-state index in [0.29, 0.717) is 28.4 Å². The van der Waals surface area contributed by atoms with Crippen molar-refractivity contribution in [1.29, 1.82) is 0 Å². The van der Waals surface area contributed by atoms with Crippen LogP contribution >= 0.6 is 23.1 Å². The summed E-state index contributed by atoms with van der Waals surface area (Å²) < 4.78 is 7.87. The van der Waals surface area contributed by atoms with Gasteiger partial charge in [0.25, 0.3) is 0 Å². The van der Waals surface area contributed by atoms with E-state index >= 15 is 0 Å². The molecule has 0 spiro atoms. The molecule has 0 radical (unpaired) electrons. The zero-order valence-corrected chi connectivity index (χ0v) is 16.4. The lowest BCUT2D eigenvalue weighted by Crippen LogP contribution is -2.22. The third kappa shape index (κ3) is 3.60. The fraction of sp³-hybridized carbons (Fsp3) is 0.222. The minimum Gasteiger partial charge on any atom is -0.453 e. The Bertz CT molecular complexity index is 1040. The van der Waals surface area contributed by atoms with Crippen molar-refractivity contribution in [3.63, 3.8) is 0 Å². The number of furan rings is 1. The molecule has 0 aliphatic heterocycles. The van der Waals surface area contributed by atoms with E-state index in [1.165, 1.54) is 23.1 Å². The van der Waals surface area contributed by atoms with Gasteiger partial charge in [0.2, 0.25) is 11.7 Å². The summed E-state index contributed by atoms with van der Waals surface area (Å²) in [4.78, 5) is 16.4. The molecular formula is C18H17N5O2S2. The number of carbonyl (C=O) groups excluding carboxylic acids is 1. The molecule has 9 heteroatoms. The van der Waals surface area contributed by atoms with Crippen LogP contribution in [0.15, 0.2) is 51.5 Å². The SMILES string of the molecule is CCn1c(S[C@H](C)C(=O)Nc2nccs2)nnc1-c1cc2ccccc2o1. The number of fused-ring (bicyclic) bond motifs is 1. The van der Waals surface area contributed by atoms with Gasteiger partial charge in [-0.15, -0.1) is 21.5 Å². The highest BCUT2D eigenvalue weighted by Crippen LogP contribution is 2.30. The molecule has 3 aromatic heterocycles. The van der Waals surface area contributed by atoms with Crippen LogP contribution in [0.4, 0.5) is 5.13 Å². The van der Waals surface area contributed by atoms with Gasteiger partial charge >= 0.3 is 0 Å². The molecule has 27 heavy (non-hydrogen) atoms. The van der Waals surface area contributed by atoms with Gasteiger partial charge in [0.15, 0.2) is 16.0 Å². The number of rotatable bonds is 6. The van der Waals surface area contributed by atoms with Crippen LogP contribution in [0.3, 0.4) is 0 Å². The fourth-order valence-electron chi connectivity index (χ4n) is 2.64. The molecule has 3 heterocycles. The highest BCUT2D eigenvalue weighted by Gasteiger charge is 2.22. The molecular weight excluding hydrogens is 382 g/mol. The van der Waals surface area contributed by atoms with Gasteiger partial charge in [0.05, 0.1) is 5.25 Å². The Labute approximate surface area is 163 Å². The number of amides is 1. The molecule has 0 saturated carbocycles. The Morgan fingerprint density at radius 3 is 2.96 bits per heavy atom. The second-order valence-electron chi connectivity index (χ2n) is 5.79. The molecule has 0 aliphatic rings. The van der Waals surface area contributed by atoms with Crippen molar-refractivity contribution < 1.29 is 9.21 Å². The van der Waals surface area contributed by atoms with Crippen molar-refractivity contribution in [3.05, 3.63) is 41.9 Å². The third-order valence-electron chi connectivity index (χ3n) is 3.99. The van der Waals surface area contributed by atoms with Gasteiger partial charge in [0, 0.05) is 23.5 Å². The van der Waals surface area contributed by atoms with Crippen LogP contribution in [0.2, 0.25) is 0 Å². The summed E-state index contributed by atoms with van der Waals surface area (Å²) in [7, 11) is 0. The predicted octanol–water partition coefficient (Wildman–Crippen LogP) is 4.29. The van der Waals surface area contributed by atoms with Crippen molar-refractivity contribution in [2.24, 2.45) is 0 Å². The van der Waals surface area contributed by atoms with Gasteiger partial charge in [0.1, 0.15) is 5.58 Å². The van der Waals surface area contributed by atoms with Crippen molar-refractivity contribution in [2.45, 2.75) is 30.8 Å². The monoisotopic (exact) mass is 399 g/mol. The van der Waals surface area contributed by atoms with Crippen LogP contribution in [-0.2, 0) is 11.3 Å². The fourth-order valence-corrected chi connectivity index (χ4v) is 4.08. The van der Waals surface area contributed by atoms with Crippen LogP contribution in [0.5, 0.6) is 0 Å². The first-order chi connectivity index (χ1) is 13.2. The minimum atomic E-state index is -0.341. The third-order valence-corrected chi connectivity index (χ3v) is 5.76. The number of benzene rings is 1. The molecule has 0 bridgehead atoms. The van der Waals surface area contributed by atoms with Crippen molar-refractivity contribution in [3.8, 4) is 11.6 Å². The molecule has 138 valence electrons. The van der Waals surface area contributed by atoms with Crippen LogP contribution in [0.1, 0.15) is 13.8 Å². The first kappa shape index (κ1) is 17.7. The van der Waals surface area contributed by atoms with Crippen LogP contribution in [-0.4, -0.2) is 30.9 Å². The number of nitrogens with one attached hydrogen (secondary N) is 1. The lowest BCUT2D eigenvalue weighted by molar-refractivity contribution is -0.115. The topological polar surface area (TPSA) is 85.8 Å². The van der Waals surface area contributed by atoms with Gasteiger partial charge in [-0.25, -0.2) is 4.98 Å². The average Bonchev–Trinajstić information content (AvgIpc) is 3.40. The van der Waals surface area contributed by atoms with E-state index in [2.05, 4.69) is 20.5 Å². The second kappa shape index (κ2) is 7.53. The van der Waals surface area contributed by atoms with E-state index < -0.39 is 0 Å². The van der Waals surface area contributed by atoms with E-state index in [4.69, 9.17) is 4.42 Å². The number of thiazole rings is 1. The maximum atomic E-state index is 12.4. The highest BCUT2D eigenvalue weighted by atomic mass is 32.2. The normalized spacial score (nSPS) is 12.4. The van der Waals surface area contributed by atoms with E-state index in [0.717, 1.165) is 11.0 Å². The zero-order valence-electron chi connectivity index (χ0n) is 14.7. The second-order valence-corrected chi connectivity index (χ2v) is 7.99. The zero-order chi connectivity index (χ0) is 18.8. The molecule has 1 N–H and O–H groups in total. The van der Waals surface area contributed by atoms with E-state index in [9.17, 15) is 4.79 Å². The molecule has 0 aliphatic carbocycles. The number of carbonyl (C=O) groups is 1. The van der Waals surface area contributed by atoms with Crippen LogP contribution < -0.4 is 5.32 Å². The highest BCUT2D eigenvalue weighted by molar-refractivity contribution is 8.00. The number of para-hydroxylation sites is 1. The smallest absolute Gasteiger partial charge is 0.239 e. The largest absolute Gasteiger partial charge is 0.453 e. The molecule has 0 saturated heterocycles. The van der Waals surface area contributed by atoms with Gasteiger partial charge in [-0.3, -0.25) is 9.36 Å². The summed E-state index contributed by atoms with van der Waals surface area (Å²) in [5, 5.41) is 15.1. The maximum Gasteiger partial charge on any atom is 0.239 e. The summed E-state index contributed by atoms with van der Waals surface area (Å²) in [6.07, 6.45) is 1.66. The van der Waals surface area contributed by atoms with Gasteiger partial charge in [-0.2, -0.15) is 0 Å². The number of anilines is 1. The molecule has 7 nitrogen and oxygen atoms in total. The number of thioether (sulfide) groups is 1. The van der Waals surface area contributed by atoms with Gasteiger partial charge in [-0.1, -0.05) is 30.0 Å². The number of hydrogen-bond acceptors (Lipinski definition) is 7. The molecule has 1 atom stereocenters.